The first-order valence-electron chi connectivity index (χ1n) is 9.29. The summed E-state index contributed by atoms with van der Waals surface area (Å²) >= 11 is 5.84. The molecule has 26 heavy (non-hydrogen) atoms. The van der Waals surface area contributed by atoms with Gasteiger partial charge in [-0.2, -0.15) is 0 Å². The zero-order valence-electron chi connectivity index (χ0n) is 15.6. The van der Waals surface area contributed by atoms with Crippen LogP contribution in [0.5, 0.6) is 0 Å². The van der Waals surface area contributed by atoms with E-state index in [0.717, 1.165) is 24.2 Å². The largest absolute Gasteiger partial charge is 0.351 e. The summed E-state index contributed by atoms with van der Waals surface area (Å²) in [5, 5.41) is 6.44. The highest BCUT2D eigenvalue weighted by Crippen LogP contribution is 2.19. The van der Waals surface area contributed by atoms with Crippen molar-refractivity contribution in [2.24, 2.45) is 0 Å². The molecule has 142 valence electrons. The highest BCUT2D eigenvalue weighted by atomic mass is 35.5. The molecule has 0 saturated heterocycles. The van der Waals surface area contributed by atoms with Gasteiger partial charge in [0.15, 0.2) is 12.6 Å². The van der Waals surface area contributed by atoms with Gasteiger partial charge in [-0.1, -0.05) is 23.3 Å². The van der Waals surface area contributed by atoms with Crippen molar-refractivity contribution in [3.05, 3.63) is 40.9 Å². The molecule has 0 saturated carbocycles. The monoisotopic (exact) mass is 378 g/mol. The molecule has 1 aromatic rings. The van der Waals surface area contributed by atoms with Crippen LogP contribution < -0.4 is 15.5 Å². The van der Waals surface area contributed by atoms with Crippen LogP contribution in [0.15, 0.2) is 35.9 Å². The Kier molecular flexibility index (Phi) is 8.13. The molecular formula is C20H29ClN3O2+. The van der Waals surface area contributed by atoms with Crippen LogP contribution in [0.25, 0.3) is 0 Å². The molecule has 2 amide bonds. The zero-order chi connectivity index (χ0) is 18.9. The van der Waals surface area contributed by atoms with E-state index in [2.05, 4.69) is 16.7 Å². The first-order chi connectivity index (χ1) is 12.5. The summed E-state index contributed by atoms with van der Waals surface area (Å²) in [6, 6.07) is 6.68. The van der Waals surface area contributed by atoms with Gasteiger partial charge in [0.2, 0.25) is 0 Å². The maximum atomic E-state index is 12.3. The average Bonchev–Trinajstić information content (AvgIpc) is 2.63. The highest BCUT2D eigenvalue weighted by molar-refractivity contribution is 6.30. The molecule has 1 aliphatic carbocycles. The molecule has 1 unspecified atom stereocenters. The number of carbonyl (C=O) groups is 2. The number of carbonyl (C=O) groups excluding carboxylic acids is 2. The maximum absolute atomic E-state index is 12.3. The van der Waals surface area contributed by atoms with Gasteiger partial charge in [0.05, 0.1) is 7.05 Å². The molecule has 0 radical (unpaired) electrons. The van der Waals surface area contributed by atoms with E-state index in [4.69, 9.17) is 11.6 Å². The number of hydrogen-bond donors (Lipinski definition) is 3. The third-order valence-corrected chi connectivity index (χ3v) is 5.08. The van der Waals surface area contributed by atoms with E-state index in [9.17, 15) is 9.59 Å². The number of nitrogens with one attached hydrogen (secondary N) is 3. The van der Waals surface area contributed by atoms with Gasteiger partial charge in [-0.15, -0.1) is 0 Å². The molecule has 0 aliphatic heterocycles. The molecule has 0 heterocycles. The van der Waals surface area contributed by atoms with E-state index in [-0.39, 0.29) is 24.4 Å². The van der Waals surface area contributed by atoms with Gasteiger partial charge in [-0.3, -0.25) is 9.59 Å². The van der Waals surface area contributed by atoms with Gasteiger partial charge in [-0.25, -0.2) is 0 Å². The number of hydrogen-bond acceptors (Lipinski definition) is 2. The van der Waals surface area contributed by atoms with Crippen molar-refractivity contribution in [2.45, 2.75) is 45.1 Å². The van der Waals surface area contributed by atoms with Crippen molar-refractivity contribution in [3.8, 4) is 0 Å². The van der Waals surface area contributed by atoms with Crippen molar-refractivity contribution >= 4 is 29.1 Å². The van der Waals surface area contributed by atoms with E-state index in [0.29, 0.717) is 17.3 Å². The molecule has 0 spiro atoms. The zero-order valence-corrected chi connectivity index (χ0v) is 16.4. The molecule has 6 heteroatoms. The number of amides is 2. The molecule has 0 aromatic heterocycles. The van der Waals surface area contributed by atoms with Crippen molar-refractivity contribution in [1.82, 2.24) is 5.32 Å². The lowest BCUT2D eigenvalue weighted by molar-refractivity contribution is -0.885. The minimum Gasteiger partial charge on any atom is -0.351 e. The topological polar surface area (TPSA) is 62.6 Å². The average molecular weight is 379 g/mol. The molecule has 3 N–H and O–H groups in total. The SMILES string of the molecule is C[C@@H](C(=O)NCCC1=CCCCC1)[NH+](C)CC(=O)Nc1ccc(Cl)cc1. The summed E-state index contributed by atoms with van der Waals surface area (Å²) in [4.78, 5) is 25.3. The van der Waals surface area contributed by atoms with Gasteiger partial charge < -0.3 is 15.5 Å². The maximum Gasteiger partial charge on any atom is 0.279 e. The Bertz CT molecular complexity index is 643. The first-order valence-corrected chi connectivity index (χ1v) is 9.67. The van der Waals surface area contributed by atoms with E-state index < -0.39 is 0 Å². The summed E-state index contributed by atoms with van der Waals surface area (Å²) in [6.45, 7) is 2.74. The van der Waals surface area contributed by atoms with Crippen LogP contribution in [0.4, 0.5) is 5.69 Å². The molecule has 0 bridgehead atoms. The Morgan fingerprint density at radius 1 is 1.23 bits per heavy atom. The van der Waals surface area contributed by atoms with Crippen LogP contribution in [-0.4, -0.2) is 38.0 Å². The highest BCUT2D eigenvalue weighted by Gasteiger charge is 2.23. The van der Waals surface area contributed by atoms with Gasteiger partial charge in [-0.05, 0) is 63.3 Å². The fourth-order valence-electron chi connectivity index (χ4n) is 3.00. The fourth-order valence-corrected chi connectivity index (χ4v) is 3.13. The van der Waals surface area contributed by atoms with E-state index in [1.165, 1.54) is 18.4 Å². The normalized spacial score (nSPS) is 16.3. The van der Waals surface area contributed by atoms with Crippen LogP contribution >= 0.6 is 11.6 Å². The predicted molar refractivity (Wildman–Crippen MR) is 105 cm³/mol. The minimum atomic E-state index is -0.286. The standard InChI is InChI=1S/C20H28ClN3O2/c1-15(20(26)22-13-12-16-6-4-3-5-7-16)24(2)14-19(25)23-18-10-8-17(21)9-11-18/h6,8-11,15H,3-5,7,12-14H2,1-2H3,(H,22,26)(H,23,25)/p+1/t15-/m0/s1. The Balaban J connectivity index is 1.71. The van der Waals surface area contributed by atoms with Crippen LogP contribution in [-0.2, 0) is 9.59 Å². The first kappa shape index (κ1) is 20.5. The van der Waals surface area contributed by atoms with Crippen molar-refractivity contribution in [1.29, 1.82) is 0 Å². The Hall–Kier alpha value is -1.85. The van der Waals surface area contributed by atoms with E-state index in [1.807, 2.05) is 14.0 Å². The summed E-state index contributed by atoms with van der Waals surface area (Å²) in [6.07, 6.45) is 8.08. The quantitative estimate of drug-likeness (QED) is 0.607. The number of quaternary nitrogens is 1. The van der Waals surface area contributed by atoms with Crippen molar-refractivity contribution < 1.29 is 14.5 Å². The van der Waals surface area contributed by atoms with Gasteiger partial charge in [0.25, 0.3) is 11.8 Å². The van der Waals surface area contributed by atoms with Gasteiger partial charge in [0, 0.05) is 17.3 Å². The second-order valence-corrected chi connectivity index (χ2v) is 7.39. The predicted octanol–water partition coefficient (Wildman–Crippen LogP) is 2.19. The van der Waals surface area contributed by atoms with Crippen LogP contribution in [0.3, 0.4) is 0 Å². The second-order valence-electron chi connectivity index (χ2n) is 6.95. The lowest BCUT2D eigenvalue weighted by Crippen LogP contribution is -3.15. The van der Waals surface area contributed by atoms with Crippen LogP contribution in [0.1, 0.15) is 39.0 Å². The molecule has 1 aliphatic rings. The Morgan fingerprint density at radius 2 is 1.96 bits per heavy atom. The number of anilines is 1. The summed E-state index contributed by atoms with van der Waals surface area (Å²) in [5.74, 6) is -0.143. The van der Waals surface area contributed by atoms with Gasteiger partial charge >= 0.3 is 0 Å². The van der Waals surface area contributed by atoms with E-state index in [1.54, 1.807) is 24.3 Å². The number of likely N-dealkylation sites (N-methyl/N-ethyl adjacent to an activating group) is 1. The minimum absolute atomic E-state index is 0.0156. The smallest absolute Gasteiger partial charge is 0.279 e. The number of benzene rings is 1. The third kappa shape index (κ3) is 6.81. The molecule has 2 rings (SSSR count). The van der Waals surface area contributed by atoms with Crippen molar-refractivity contribution in [3.63, 3.8) is 0 Å². The summed E-state index contributed by atoms with van der Waals surface area (Å²) < 4.78 is 0. The Morgan fingerprint density at radius 3 is 2.62 bits per heavy atom. The second kappa shape index (κ2) is 10.3. The molecule has 0 fully saturated rings. The van der Waals surface area contributed by atoms with Crippen LogP contribution in [0.2, 0.25) is 5.02 Å². The van der Waals surface area contributed by atoms with E-state index >= 15 is 0 Å². The number of rotatable bonds is 8. The molecule has 5 nitrogen and oxygen atoms in total. The lowest BCUT2D eigenvalue weighted by atomic mass is 9.97. The molecule has 1 aromatic carbocycles. The van der Waals surface area contributed by atoms with Gasteiger partial charge in [0.1, 0.15) is 0 Å². The lowest BCUT2D eigenvalue weighted by Gasteiger charge is -2.21. The summed E-state index contributed by atoms with van der Waals surface area (Å²) in [5.41, 5.74) is 2.15. The van der Waals surface area contributed by atoms with Crippen molar-refractivity contribution in [2.75, 3.05) is 25.5 Å². The molecular weight excluding hydrogens is 350 g/mol. The summed E-state index contributed by atoms with van der Waals surface area (Å²) in [7, 11) is 1.86. The number of halogens is 1. The Labute approximate surface area is 160 Å². The molecule has 2 atom stereocenters. The fraction of sp³-hybridized carbons (Fsp3) is 0.500. The third-order valence-electron chi connectivity index (χ3n) is 4.83. The number of allylic oxidation sites excluding steroid dienone is 1. The van der Waals surface area contributed by atoms with Crippen LogP contribution in [0, 0.1) is 0 Å².